The number of pyridine rings is 1. The molecule has 172 valence electrons. The summed E-state index contributed by atoms with van der Waals surface area (Å²) in [5.74, 6) is 0. The molecular formula is C25H22BrN5O3. The molecule has 0 bridgehead atoms. The van der Waals surface area contributed by atoms with Gasteiger partial charge in [0, 0.05) is 22.9 Å². The number of nitrogens with zero attached hydrogens (tertiary/aromatic N) is 5. The zero-order valence-electron chi connectivity index (χ0n) is 18.8. The maximum atomic E-state index is 13.8. The maximum Gasteiger partial charge on any atom is 0.342 e. The highest BCUT2D eigenvalue weighted by molar-refractivity contribution is 9.10. The lowest BCUT2D eigenvalue weighted by Crippen LogP contribution is -2.45. The molecule has 2 aromatic heterocycles. The van der Waals surface area contributed by atoms with E-state index in [0.717, 1.165) is 15.4 Å². The Hall–Kier alpha value is -3.48. The highest BCUT2D eigenvalue weighted by Crippen LogP contribution is 2.29. The van der Waals surface area contributed by atoms with Crippen LogP contribution in [0.25, 0.3) is 27.6 Å². The lowest BCUT2D eigenvalue weighted by molar-refractivity contribution is 0.0535. The molecule has 8 nitrogen and oxygen atoms in total. The number of carbonyl (C=O) groups is 1. The van der Waals surface area contributed by atoms with Crippen molar-refractivity contribution >= 4 is 43.9 Å². The first kappa shape index (κ1) is 22.3. The molecule has 1 saturated heterocycles. The largest absolute Gasteiger partial charge is 0.378 e. The Balaban J connectivity index is 1.79. The lowest BCUT2D eigenvalue weighted by Gasteiger charge is -2.26. The number of nitriles is 1. The zero-order valence-corrected chi connectivity index (χ0v) is 20.4. The summed E-state index contributed by atoms with van der Waals surface area (Å²) in [5, 5.41) is 10.2. The molecule has 1 fully saturated rings. The number of fused-ring (bicyclic) bond motifs is 3. The van der Waals surface area contributed by atoms with Gasteiger partial charge in [0.25, 0.3) is 0 Å². The van der Waals surface area contributed by atoms with Crippen LogP contribution in [0, 0.1) is 11.3 Å². The van der Waals surface area contributed by atoms with Gasteiger partial charge < -0.3 is 9.64 Å². The Morgan fingerprint density at radius 1 is 1.15 bits per heavy atom. The van der Waals surface area contributed by atoms with Gasteiger partial charge in [-0.1, -0.05) is 28.1 Å². The first-order chi connectivity index (χ1) is 16.3. The van der Waals surface area contributed by atoms with Crippen molar-refractivity contribution in [3.63, 3.8) is 0 Å². The molecule has 0 aliphatic carbocycles. The Labute approximate surface area is 204 Å². The zero-order chi connectivity index (χ0) is 24.0. The van der Waals surface area contributed by atoms with Crippen LogP contribution in [0.2, 0.25) is 0 Å². The highest BCUT2D eigenvalue weighted by atomic mass is 79.9. The van der Waals surface area contributed by atoms with Crippen molar-refractivity contribution in [3.8, 4) is 11.8 Å². The van der Waals surface area contributed by atoms with Crippen LogP contribution in [-0.2, 0) is 10.2 Å². The van der Waals surface area contributed by atoms with E-state index in [0.29, 0.717) is 48.5 Å². The fourth-order valence-electron chi connectivity index (χ4n) is 4.25. The fourth-order valence-corrected chi connectivity index (χ4v) is 4.61. The van der Waals surface area contributed by atoms with Gasteiger partial charge in [-0.15, -0.1) is 0 Å². The minimum absolute atomic E-state index is 0.393. The van der Waals surface area contributed by atoms with Crippen molar-refractivity contribution in [2.75, 3.05) is 26.3 Å². The molecule has 0 unspecified atom stereocenters. The SMILES string of the molecule is CC(C)(C#N)c1ccc(-n2c(=O)n(C(=O)N3CCOCC3)c3cnc4ccc(Br)cc4c32)cc1. The van der Waals surface area contributed by atoms with E-state index < -0.39 is 17.1 Å². The van der Waals surface area contributed by atoms with Crippen LogP contribution >= 0.6 is 15.9 Å². The number of carbonyl (C=O) groups excluding carboxylic acids is 1. The Bertz CT molecular complexity index is 1520. The van der Waals surface area contributed by atoms with Crippen LogP contribution in [0.5, 0.6) is 0 Å². The number of amides is 1. The molecule has 0 saturated carbocycles. The second kappa shape index (κ2) is 8.38. The molecule has 0 radical (unpaired) electrons. The van der Waals surface area contributed by atoms with Crippen molar-refractivity contribution in [1.82, 2.24) is 19.0 Å². The Morgan fingerprint density at radius 3 is 2.53 bits per heavy atom. The van der Waals surface area contributed by atoms with Crippen LogP contribution in [0.3, 0.4) is 0 Å². The monoisotopic (exact) mass is 519 g/mol. The third-order valence-electron chi connectivity index (χ3n) is 6.23. The topological polar surface area (TPSA) is 93.1 Å². The second-order valence-corrected chi connectivity index (χ2v) is 9.69. The third kappa shape index (κ3) is 3.59. The normalized spacial score (nSPS) is 14.5. The van der Waals surface area contributed by atoms with Crippen LogP contribution in [0.1, 0.15) is 19.4 Å². The summed E-state index contributed by atoms with van der Waals surface area (Å²) in [5.41, 5.74) is 2.07. The quantitative estimate of drug-likeness (QED) is 0.395. The standard InChI is InChI=1S/C25H22BrN5O3/c1-25(2,15-27)16-3-6-18(7-4-16)30-22-19-13-17(26)5-8-20(19)28-14-21(22)31(24(30)33)23(32)29-9-11-34-12-10-29/h3-8,13-14H,9-12H2,1-2H3. The van der Waals surface area contributed by atoms with E-state index in [1.807, 2.05) is 56.3 Å². The van der Waals surface area contributed by atoms with Gasteiger partial charge in [0.1, 0.15) is 0 Å². The van der Waals surface area contributed by atoms with Gasteiger partial charge >= 0.3 is 11.7 Å². The van der Waals surface area contributed by atoms with Crippen LogP contribution in [-0.4, -0.2) is 51.4 Å². The second-order valence-electron chi connectivity index (χ2n) is 8.77. The average molecular weight is 520 g/mol. The number of imidazole rings is 1. The number of ether oxygens (including phenoxy) is 1. The van der Waals surface area contributed by atoms with E-state index in [-0.39, 0.29) is 0 Å². The number of hydrogen-bond acceptors (Lipinski definition) is 5. The smallest absolute Gasteiger partial charge is 0.342 e. The number of benzene rings is 2. The Kier molecular flexibility index (Phi) is 5.50. The number of rotatable bonds is 2. The van der Waals surface area contributed by atoms with Crippen molar-refractivity contribution in [2.24, 2.45) is 0 Å². The molecule has 4 aromatic rings. The molecule has 0 atom stereocenters. The molecule has 0 spiro atoms. The predicted molar refractivity (Wildman–Crippen MR) is 132 cm³/mol. The lowest BCUT2D eigenvalue weighted by atomic mass is 9.86. The van der Waals surface area contributed by atoms with Gasteiger partial charge in [0.05, 0.1) is 53.1 Å². The fraction of sp³-hybridized carbons (Fsp3) is 0.280. The molecule has 1 amide bonds. The van der Waals surface area contributed by atoms with Crippen molar-refractivity contribution in [3.05, 3.63) is 69.2 Å². The molecule has 2 aromatic carbocycles. The summed E-state index contributed by atoms with van der Waals surface area (Å²) in [4.78, 5) is 33.4. The minimum Gasteiger partial charge on any atom is -0.378 e. The highest BCUT2D eigenvalue weighted by Gasteiger charge is 2.27. The Morgan fingerprint density at radius 2 is 1.85 bits per heavy atom. The maximum absolute atomic E-state index is 13.8. The van der Waals surface area contributed by atoms with Crippen LogP contribution in [0.4, 0.5) is 4.79 Å². The van der Waals surface area contributed by atoms with Gasteiger partial charge in [0.15, 0.2) is 0 Å². The van der Waals surface area contributed by atoms with E-state index in [4.69, 9.17) is 4.74 Å². The number of aromatic nitrogens is 3. The molecule has 34 heavy (non-hydrogen) atoms. The van der Waals surface area contributed by atoms with E-state index in [1.54, 1.807) is 15.7 Å². The molecular weight excluding hydrogens is 498 g/mol. The van der Waals surface area contributed by atoms with Crippen LogP contribution in [0.15, 0.2) is 57.9 Å². The molecule has 5 rings (SSSR count). The van der Waals surface area contributed by atoms with Gasteiger partial charge in [0.2, 0.25) is 0 Å². The summed E-state index contributed by atoms with van der Waals surface area (Å²) in [6, 6.07) is 14.9. The predicted octanol–water partition coefficient (Wildman–Crippen LogP) is 4.20. The van der Waals surface area contributed by atoms with Crippen molar-refractivity contribution < 1.29 is 9.53 Å². The van der Waals surface area contributed by atoms with E-state index >= 15 is 0 Å². The third-order valence-corrected chi connectivity index (χ3v) is 6.72. The minimum atomic E-state index is -0.661. The molecule has 0 N–H and O–H groups in total. The number of hydrogen-bond donors (Lipinski definition) is 0. The summed E-state index contributed by atoms with van der Waals surface area (Å²) in [6.07, 6.45) is 1.58. The summed E-state index contributed by atoms with van der Waals surface area (Å²) in [6.45, 7) is 5.40. The molecule has 1 aliphatic heterocycles. The van der Waals surface area contributed by atoms with Crippen molar-refractivity contribution in [2.45, 2.75) is 19.3 Å². The van der Waals surface area contributed by atoms with E-state index in [2.05, 4.69) is 27.0 Å². The summed E-state index contributed by atoms with van der Waals surface area (Å²) < 4.78 is 8.95. The number of halogens is 1. The van der Waals surface area contributed by atoms with Crippen LogP contribution < -0.4 is 5.69 Å². The average Bonchev–Trinajstić information content (AvgIpc) is 3.16. The molecule has 3 heterocycles. The first-order valence-electron chi connectivity index (χ1n) is 10.9. The van der Waals surface area contributed by atoms with Gasteiger partial charge in [-0.05, 0) is 49.7 Å². The van der Waals surface area contributed by atoms with E-state index in [9.17, 15) is 14.9 Å². The molecule has 9 heteroatoms. The van der Waals surface area contributed by atoms with Crippen molar-refractivity contribution in [1.29, 1.82) is 5.26 Å². The first-order valence-corrected chi connectivity index (χ1v) is 11.7. The van der Waals surface area contributed by atoms with Gasteiger partial charge in [-0.3, -0.25) is 9.55 Å². The summed E-state index contributed by atoms with van der Waals surface area (Å²) >= 11 is 3.51. The van der Waals surface area contributed by atoms with Gasteiger partial charge in [-0.2, -0.15) is 5.26 Å². The van der Waals surface area contributed by atoms with E-state index in [1.165, 1.54) is 4.57 Å². The molecule has 1 aliphatic rings. The number of morpholine rings is 1. The summed E-state index contributed by atoms with van der Waals surface area (Å²) in [7, 11) is 0. The van der Waals surface area contributed by atoms with Gasteiger partial charge in [-0.25, -0.2) is 14.2 Å².